The third kappa shape index (κ3) is 5.31. The number of hydrogen-bond donors (Lipinski definition) is 1. The molecule has 1 N–H and O–H groups in total. The van der Waals surface area contributed by atoms with Gasteiger partial charge in [-0.1, -0.05) is 23.8 Å². The lowest BCUT2D eigenvalue weighted by Gasteiger charge is -1.94. The fourth-order valence-electron chi connectivity index (χ4n) is 0.699. The first kappa shape index (κ1) is 8.44. The van der Waals surface area contributed by atoms with Crippen LogP contribution in [-0.4, -0.2) is 11.2 Å². The summed E-state index contributed by atoms with van der Waals surface area (Å²) in [6.07, 6.45) is 5.39. The van der Waals surface area contributed by atoms with E-state index in [0.29, 0.717) is 0 Å². The van der Waals surface area contributed by atoms with Gasteiger partial charge < -0.3 is 5.11 Å². The molecule has 0 aromatic heterocycles. The van der Waals surface area contributed by atoms with Crippen LogP contribution >= 0.6 is 0 Å². The Balaban J connectivity index is 3.84. The highest BCUT2D eigenvalue weighted by Gasteiger charge is 1.86. The molecule has 0 radical (unpaired) electrons. The molecular weight excluding hydrogens is 112 g/mol. The van der Waals surface area contributed by atoms with E-state index >= 15 is 0 Å². The Labute approximate surface area is 56.7 Å². The highest BCUT2D eigenvalue weighted by atomic mass is 16.3. The standard InChI is InChI=1S/C8H14O/c1-4-5-7(2)6-8(3)9/h4-6,8-9H,1-3H3. The first-order chi connectivity index (χ1) is 4.16. The molecular formula is C8H14O. The number of allylic oxidation sites excluding steroid dienone is 3. The Morgan fingerprint density at radius 3 is 2.44 bits per heavy atom. The number of hydrogen-bond acceptors (Lipinski definition) is 1. The normalized spacial score (nSPS) is 16.7. The van der Waals surface area contributed by atoms with E-state index in [1.807, 2.05) is 26.0 Å². The highest BCUT2D eigenvalue weighted by molar-refractivity contribution is 5.16. The molecule has 0 saturated carbocycles. The van der Waals surface area contributed by atoms with Gasteiger partial charge in [-0.05, 0) is 20.8 Å². The van der Waals surface area contributed by atoms with Crippen LogP contribution < -0.4 is 0 Å². The Morgan fingerprint density at radius 2 is 2.11 bits per heavy atom. The zero-order valence-electron chi connectivity index (χ0n) is 6.26. The molecule has 0 heterocycles. The zero-order valence-corrected chi connectivity index (χ0v) is 6.26. The zero-order chi connectivity index (χ0) is 7.28. The summed E-state index contributed by atoms with van der Waals surface area (Å²) in [5.41, 5.74) is 1.10. The van der Waals surface area contributed by atoms with Gasteiger partial charge in [-0.25, -0.2) is 0 Å². The quantitative estimate of drug-likeness (QED) is 0.560. The van der Waals surface area contributed by atoms with Crippen molar-refractivity contribution < 1.29 is 5.11 Å². The third-order valence-electron chi connectivity index (χ3n) is 0.934. The van der Waals surface area contributed by atoms with Crippen LogP contribution in [0.4, 0.5) is 0 Å². The maximum Gasteiger partial charge on any atom is 0.0698 e. The topological polar surface area (TPSA) is 20.2 Å². The van der Waals surface area contributed by atoms with Crippen molar-refractivity contribution in [3.63, 3.8) is 0 Å². The Kier molecular flexibility index (Phi) is 4.06. The molecule has 1 atom stereocenters. The molecule has 1 nitrogen and oxygen atoms in total. The van der Waals surface area contributed by atoms with Crippen molar-refractivity contribution in [1.29, 1.82) is 0 Å². The SMILES string of the molecule is CC=CC(C)=CC(C)O. The van der Waals surface area contributed by atoms with E-state index < -0.39 is 0 Å². The second-order valence-corrected chi connectivity index (χ2v) is 2.15. The van der Waals surface area contributed by atoms with Gasteiger partial charge in [0.15, 0.2) is 0 Å². The monoisotopic (exact) mass is 126 g/mol. The van der Waals surface area contributed by atoms with Gasteiger partial charge in [-0.2, -0.15) is 0 Å². The summed E-state index contributed by atoms with van der Waals surface area (Å²) < 4.78 is 0. The summed E-state index contributed by atoms with van der Waals surface area (Å²) in [7, 11) is 0. The van der Waals surface area contributed by atoms with Gasteiger partial charge in [0.2, 0.25) is 0 Å². The van der Waals surface area contributed by atoms with Crippen LogP contribution in [0.15, 0.2) is 23.8 Å². The molecule has 0 aromatic carbocycles. The summed E-state index contributed by atoms with van der Waals surface area (Å²) in [4.78, 5) is 0. The van der Waals surface area contributed by atoms with Crippen molar-refractivity contribution in [3.05, 3.63) is 23.8 Å². The van der Waals surface area contributed by atoms with Crippen LogP contribution in [0.25, 0.3) is 0 Å². The van der Waals surface area contributed by atoms with Crippen LogP contribution in [0.3, 0.4) is 0 Å². The largest absolute Gasteiger partial charge is 0.389 e. The van der Waals surface area contributed by atoms with E-state index in [-0.39, 0.29) is 6.10 Å². The van der Waals surface area contributed by atoms with Crippen molar-refractivity contribution >= 4 is 0 Å². The molecule has 0 spiro atoms. The van der Waals surface area contributed by atoms with Crippen molar-refractivity contribution in [3.8, 4) is 0 Å². The van der Waals surface area contributed by atoms with E-state index in [4.69, 9.17) is 5.11 Å². The Morgan fingerprint density at radius 1 is 1.56 bits per heavy atom. The summed E-state index contributed by atoms with van der Waals surface area (Å²) in [6.45, 7) is 5.67. The first-order valence-corrected chi connectivity index (χ1v) is 3.16. The van der Waals surface area contributed by atoms with Crippen molar-refractivity contribution in [2.45, 2.75) is 26.9 Å². The van der Waals surface area contributed by atoms with Gasteiger partial charge in [0, 0.05) is 0 Å². The lowest BCUT2D eigenvalue weighted by molar-refractivity contribution is 0.243. The van der Waals surface area contributed by atoms with E-state index in [0.717, 1.165) is 5.57 Å². The first-order valence-electron chi connectivity index (χ1n) is 3.16. The van der Waals surface area contributed by atoms with E-state index in [2.05, 4.69) is 0 Å². The average molecular weight is 126 g/mol. The molecule has 0 aliphatic rings. The van der Waals surface area contributed by atoms with Crippen molar-refractivity contribution in [2.75, 3.05) is 0 Å². The molecule has 1 heteroatoms. The fraction of sp³-hybridized carbons (Fsp3) is 0.500. The fourth-order valence-corrected chi connectivity index (χ4v) is 0.699. The molecule has 0 fully saturated rings. The van der Waals surface area contributed by atoms with Gasteiger partial charge in [-0.15, -0.1) is 0 Å². The molecule has 0 rings (SSSR count). The van der Waals surface area contributed by atoms with E-state index in [1.165, 1.54) is 0 Å². The van der Waals surface area contributed by atoms with Gasteiger partial charge in [0.1, 0.15) is 0 Å². The van der Waals surface area contributed by atoms with Crippen LogP contribution in [0.1, 0.15) is 20.8 Å². The second kappa shape index (κ2) is 4.33. The number of aliphatic hydroxyl groups excluding tert-OH is 1. The minimum atomic E-state index is -0.332. The molecule has 52 valence electrons. The molecule has 9 heavy (non-hydrogen) atoms. The number of aliphatic hydroxyl groups is 1. The van der Waals surface area contributed by atoms with Gasteiger partial charge in [0.05, 0.1) is 6.10 Å². The average Bonchev–Trinajstić information content (AvgIpc) is 1.63. The van der Waals surface area contributed by atoms with Crippen molar-refractivity contribution in [2.24, 2.45) is 0 Å². The number of rotatable bonds is 2. The van der Waals surface area contributed by atoms with Crippen LogP contribution in [0.5, 0.6) is 0 Å². The van der Waals surface area contributed by atoms with Gasteiger partial charge >= 0.3 is 0 Å². The maximum absolute atomic E-state index is 8.84. The Bertz CT molecular complexity index is 121. The molecule has 0 aromatic rings. The van der Waals surface area contributed by atoms with Gasteiger partial charge in [0.25, 0.3) is 0 Å². The minimum absolute atomic E-state index is 0.332. The van der Waals surface area contributed by atoms with Crippen molar-refractivity contribution in [1.82, 2.24) is 0 Å². The highest BCUT2D eigenvalue weighted by Crippen LogP contribution is 1.96. The van der Waals surface area contributed by atoms with E-state index in [9.17, 15) is 0 Å². The summed E-state index contributed by atoms with van der Waals surface area (Å²) in [5.74, 6) is 0. The Hall–Kier alpha value is -0.560. The summed E-state index contributed by atoms with van der Waals surface area (Å²) in [6, 6.07) is 0. The lowest BCUT2D eigenvalue weighted by atomic mass is 10.2. The molecule has 0 amide bonds. The molecule has 0 aliphatic carbocycles. The van der Waals surface area contributed by atoms with Gasteiger partial charge in [-0.3, -0.25) is 0 Å². The summed E-state index contributed by atoms with van der Waals surface area (Å²) in [5, 5.41) is 8.84. The molecule has 0 saturated heterocycles. The molecule has 0 aliphatic heterocycles. The van der Waals surface area contributed by atoms with E-state index in [1.54, 1.807) is 13.0 Å². The van der Waals surface area contributed by atoms with Crippen LogP contribution in [-0.2, 0) is 0 Å². The predicted octanol–water partition coefficient (Wildman–Crippen LogP) is 1.89. The lowest BCUT2D eigenvalue weighted by Crippen LogP contribution is -1.92. The van der Waals surface area contributed by atoms with Crippen LogP contribution in [0, 0.1) is 0 Å². The predicted molar refractivity (Wildman–Crippen MR) is 40.3 cm³/mol. The summed E-state index contributed by atoms with van der Waals surface area (Å²) >= 11 is 0. The molecule has 1 unspecified atom stereocenters. The molecule has 0 bridgehead atoms. The smallest absolute Gasteiger partial charge is 0.0698 e. The maximum atomic E-state index is 8.84. The van der Waals surface area contributed by atoms with Crippen LogP contribution in [0.2, 0.25) is 0 Å². The second-order valence-electron chi connectivity index (χ2n) is 2.15. The minimum Gasteiger partial charge on any atom is -0.389 e. The third-order valence-corrected chi connectivity index (χ3v) is 0.934.